The molecule has 2 aromatic heterocycles. The zero-order valence-corrected chi connectivity index (χ0v) is 30.5. The normalized spacial score (nSPS) is 11.6. The van der Waals surface area contributed by atoms with Crippen molar-refractivity contribution in [2.24, 2.45) is 0 Å². The molecule has 0 unspecified atom stereocenters. The van der Waals surface area contributed by atoms with Gasteiger partial charge in [-0.3, -0.25) is 0 Å². The third-order valence-corrected chi connectivity index (χ3v) is 11.8. The highest BCUT2D eigenvalue weighted by Crippen LogP contribution is 2.37. The van der Waals surface area contributed by atoms with E-state index in [0.29, 0.717) is 17.5 Å². The van der Waals surface area contributed by atoms with Crippen LogP contribution in [0.25, 0.3) is 109 Å². The van der Waals surface area contributed by atoms with E-state index in [1.807, 2.05) is 0 Å². The first-order chi connectivity index (χ1) is 27.2. The highest BCUT2D eigenvalue weighted by molar-refractivity contribution is 7.25. The number of hydrogen-bond donors (Lipinski definition) is 0. The standard InChI is InChI=1S/C51H31N3S/c1-3-10-35-26-38(20-16-32(35)8-1)40-22-18-34-17-21-39(29-44(34)30-40)37-12-7-13-41(28-37)49-52-50(42-23-19-33-9-2-4-11-36(33)27-42)54-51(53-49)43-24-25-46-45-14-5-6-15-47(45)55-48(46)31-43/h1-31H. The van der Waals surface area contributed by atoms with Gasteiger partial charge in [-0.2, -0.15) is 0 Å². The molecule has 0 aliphatic heterocycles. The molecule has 0 saturated heterocycles. The van der Waals surface area contributed by atoms with E-state index in [1.165, 1.54) is 58.2 Å². The Morgan fingerprint density at radius 1 is 0.255 bits per heavy atom. The number of rotatable bonds is 5. The van der Waals surface area contributed by atoms with Crippen LogP contribution in [-0.4, -0.2) is 15.0 Å². The van der Waals surface area contributed by atoms with E-state index in [2.05, 4.69) is 188 Å². The van der Waals surface area contributed by atoms with Gasteiger partial charge < -0.3 is 0 Å². The summed E-state index contributed by atoms with van der Waals surface area (Å²) in [7, 11) is 0. The Hall–Kier alpha value is -7.01. The summed E-state index contributed by atoms with van der Waals surface area (Å²) < 4.78 is 2.49. The highest BCUT2D eigenvalue weighted by Gasteiger charge is 2.15. The summed E-state index contributed by atoms with van der Waals surface area (Å²) in [6.45, 7) is 0. The minimum absolute atomic E-state index is 0.644. The molecule has 0 amide bonds. The average Bonchev–Trinajstić information content (AvgIpc) is 3.63. The SMILES string of the molecule is c1cc(-c2ccc3ccc(-c4ccc5ccccc5c4)cc3c2)cc(-c2nc(-c3ccc4ccccc4c3)nc(-c3ccc4c(c3)sc3ccccc34)n2)c1. The molecule has 0 aliphatic carbocycles. The van der Waals surface area contributed by atoms with Crippen molar-refractivity contribution < 1.29 is 0 Å². The molecule has 0 atom stereocenters. The highest BCUT2D eigenvalue weighted by atomic mass is 32.1. The first kappa shape index (κ1) is 31.5. The zero-order valence-electron chi connectivity index (χ0n) is 29.6. The second kappa shape index (κ2) is 12.8. The van der Waals surface area contributed by atoms with Crippen LogP contribution in [0, 0.1) is 0 Å². The van der Waals surface area contributed by atoms with Gasteiger partial charge in [0.15, 0.2) is 17.5 Å². The van der Waals surface area contributed by atoms with Crippen LogP contribution in [0.4, 0.5) is 0 Å². The fraction of sp³-hybridized carbons (Fsp3) is 0. The lowest BCUT2D eigenvalue weighted by atomic mass is 9.96. The van der Waals surface area contributed by atoms with E-state index in [0.717, 1.165) is 33.2 Å². The number of benzene rings is 9. The van der Waals surface area contributed by atoms with Gasteiger partial charge in [-0.25, -0.2) is 15.0 Å². The summed E-state index contributed by atoms with van der Waals surface area (Å²) in [4.78, 5) is 15.4. The van der Waals surface area contributed by atoms with Gasteiger partial charge >= 0.3 is 0 Å². The van der Waals surface area contributed by atoms with Crippen LogP contribution in [0.15, 0.2) is 188 Å². The summed E-state index contributed by atoms with van der Waals surface area (Å²) >= 11 is 1.80. The number of aromatic nitrogens is 3. The monoisotopic (exact) mass is 717 g/mol. The molecule has 0 spiro atoms. The molecule has 0 aliphatic rings. The van der Waals surface area contributed by atoms with E-state index in [9.17, 15) is 0 Å². The smallest absolute Gasteiger partial charge is 0.164 e. The lowest BCUT2D eigenvalue weighted by Gasteiger charge is -2.11. The minimum Gasteiger partial charge on any atom is -0.208 e. The molecule has 0 N–H and O–H groups in total. The van der Waals surface area contributed by atoms with E-state index >= 15 is 0 Å². The maximum Gasteiger partial charge on any atom is 0.164 e. The maximum atomic E-state index is 5.16. The second-order valence-corrected chi connectivity index (χ2v) is 15.2. The van der Waals surface area contributed by atoms with Crippen LogP contribution in [-0.2, 0) is 0 Å². The predicted molar refractivity (Wildman–Crippen MR) is 232 cm³/mol. The Balaban J connectivity index is 1.02. The summed E-state index contributed by atoms with van der Waals surface area (Å²) in [6, 6.07) is 67.2. The van der Waals surface area contributed by atoms with Gasteiger partial charge in [0.25, 0.3) is 0 Å². The fourth-order valence-electron chi connectivity index (χ4n) is 7.77. The maximum absolute atomic E-state index is 5.16. The summed E-state index contributed by atoms with van der Waals surface area (Å²) in [5, 5.41) is 9.77. The molecule has 11 rings (SSSR count). The van der Waals surface area contributed by atoms with Crippen LogP contribution in [0.5, 0.6) is 0 Å². The molecule has 0 fully saturated rings. The van der Waals surface area contributed by atoms with Gasteiger partial charge in [0.1, 0.15) is 0 Å². The lowest BCUT2D eigenvalue weighted by molar-refractivity contribution is 1.08. The van der Waals surface area contributed by atoms with Crippen molar-refractivity contribution >= 4 is 63.8 Å². The van der Waals surface area contributed by atoms with Gasteiger partial charge in [-0.1, -0.05) is 146 Å². The first-order valence-electron chi connectivity index (χ1n) is 18.5. The first-order valence-corrected chi connectivity index (χ1v) is 19.3. The van der Waals surface area contributed by atoms with Gasteiger partial charge in [0, 0.05) is 36.9 Å². The predicted octanol–water partition coefficient (Wildman–Crippen LogP) is 14.0. The number of nitrogens with zero attached hydrogens (tertiary/aromatic N) is 3. The number of hydrogen-bond acceptors (Lipinski definition) is 4. The zero-order chi connectivity index (χ0) is 36.3. The Labute approximate surface area is 321 Å². The summed E-state index contributed by atoms with van der Waals surface area (Å²) in [5.74, 6) is 1.95. The molecule has 256 valence electrons. The molecule has 0 radical (unpaired) electrons. The molecule has 11 aromatic rings. The average molecular weight is 718 g/mol. The third-order valence-electron chi connectivity index (χ3n) is 10.7. The molecule has 4 heteroatoms. The molecule has 2 heterocycles. The Bertz CT molecular complexity index is 3290. The quantitative estimate of drug-likeness (QED) is 0.178. The van der Waals surface area contributed by atoms with Crippen LogP contribution in [0.1, 0.15) is 0 Å². The molecule has 55 heavy (non-hydrogen) atoms. The van der Waals surface area contributed by atoms with E-state index in [4.69, 9.17) is 15.0 Å². The van der Waals surface area contributed by atoms with Crippen molar-refractivity contribution in [2.45, 2.75) is 0 Å². The molecule has 3 nitrogen and oxygen atoms in total. The van der Waals surface area contributed by atoms with Crippen LogP contribution in [0.2, 0.25) is 0 Å². The molecular weight excluding hydrogens is 687 g/mol. The van der Waals surface area contributed by atoms with E-state index < -0.39 is 0 Å². The van der Waals surface area contributed by atoms with Crippen LogP contribution in [0.3, 0.4) is 0 Å². The van der Waals surface area contributed by atoms with Crippen molar-refractivity contribution in [3.8, 4) is 56.4 Å². The van der Waals surface area contributed by atoms with E-state index in [-0.39, 0.29) is 0 Å². The van der Waals surface area contributed by atoms with Crippen molar-refractivity contribution in [1.82, 2.24) is 15.0 Å². The lowest BCUT2D eigenvalue weighted by Crippen LogP contribution is -2.00. The topological polar surface area (TPSA) is 38.7 Å². The molecular formula is C51H31N3S. The third kappa shape index (κ3) is 5.72. The van der Waals surface area contributed by atoms with Gasteiger partial charge in [-0.05, 0) is 97.0 Å². The van der Waals surface area contributed by atoms with Crippen LogP contribution >= 0.6 is 11.3 Å². The Kier molecular flexibility index (Phi) is 7.35. The van der Waals surface area contributed by atoms with Crippen molar-refractivity contribution in [3.05, 3.63) is 188 Å². The van der Waals surface area contributed by atoms with Gasteiger partial charge in [0.05, 0.1) is 0 Å². The molecule has 0 saturated carbocycles. The second-order valence-electron chi connectivity index (χ2n) is 14.1. The largest absolute Gasteiger partial charge is 0.208 e. The number of thiophene rings is 1. The minimum atomic E-state index is 0.644. The van der Waals surface area contributed by atoms with Crippen LogP contribution < -0.4 is 0 Å². The number of fused-ring (bicyclic) bond motifs is 6. The van der Waals surface area contributed by atoms with Crippen molar-refractivity contribution in [3.63, 3.8) is 0 Å². The Morgan fingerprint density at radius 3 is 1.33 bits per heavy atom. The van der Waals surface area contributed by atoms with Gasteiger partial charge in [0.2, 0.25) is 0 Å². The summed E-state index contributed by atoms with van der Waals surface area (Å²) in [5.41, 5.74) is 7.54. The summed E-state index contributed by atoms with van der Waals surface area (Å²) in [6.07, 6.45) is 0. The molecule has 9 aromatic carbocycles. The molecule has 0 bridgehead atoms. The fourth-order valence-corrected chi connectivity index (χ4v) is 8.91. The van der Waals surface area contributed by atoms with E-state index in [1.54, 1.807) is 11.3 Å². The van der Waals surface area contributed by atoms with Crippen molar-refractivity contribution in [2.75, 3.05) is 0 Å². The Morgan fingerprint density at radius 2 is 0.673 bits per heavy atom. The van der Waals surface area contributed by atoms with Crippen molar-refractivity contribution in [1.29, 1.82) is 0 Å². The van der Waals surface area contributed by atoms with Gasteiger partial charge in [-0.15, -0.1) is 11.3 Å².